The number of nitro groups is 1. The van der Waals surface area contributed by atoms with Crippen molar-refractivity contribution >= 4 is 29.0 Å². The van der Waals surface area contributed by atoms with Crippen molar-refractivity contribution in [3.63, 3.8) is 0 Å². The minimum atomic E-state index is -0.466. The van der Waals surface area contributed by atoms with Gasteiger partial charge in [0.05, 0.1) is 16.9 Å². The second-order valence-corrected chi connectivity index (χ2v) is 5.87. The first-order chi connectivity index (χ1) is 13.1. The molecule has 0 bridgehead atoms. The third-order valence-electron chi connectivity index (χ3n) is 4.13. The van der Waals surface area contributed by atoms with Gasteiger partial charge in [0.2, 0.25) is 0 Å². The highest BCUT2D eigenvalue weighted by Crippen LogP contribution is 2.26. The van der Waals surface area contributed by atoms with E-state index in [0.717, 1.165) is 5.56 Å². The highest BCUT2D eigenvalue weighted by molar-refractivity contribution is 5.90. The number of halogens is 1. The summed E-state index contributed by atoms with van der Waals surface area (Å²) in [5.74, 6) is 0. The van der Waals surface area contributed by atoms with Gasteiger partial charge in [-0.3, -0.25) is 24.9 Å². The van der Waals surface area contributed by atoms with Crippen LogP contribution in [0.5, 0.6) is 0 Å². The van der Waals surface area contributed by atoms with Gasteiger partial charge in [-0.1, -0.05) is 12.1 Å². The zero-order chi connectivity index (χ0) is 18.8. The van der Waals surface area contributed by atoms with Crippen molar-refractivity contribution in [2.45, 2.75) is 6.54 Å². The summed E-state index contributed by atoms with van der Waals surface area (Å²) < 4.78 is 1.34. The molecule has 3 heterocycles. The number of hydrogen-bond acceptors (Lipinski definition) is 6. The number of aromatic nitrogens is 4. The fraction of sp³-hybridized carbons (Fsp3) is 0.0526. The summed E-state index contributed by atoms with van der Waals surface area (Å²) in [6.07, 6.45) is 4.85. The third-order valence-corrected chi connectivity index (χ3v) is 4.13. The van der Waals surface area contributed by atoms with E-state index < -0.39 is 4.92 Å². The predicted molar refractivity (Wildman–Crippen MR) is 106 cm³/mol. The van der Waals surface area contributed by atoms with Gasteiger partial charge in [-0.25, -0.2) is 4.68 Å². The second-order valence-electron chi connectivity index (χ2n) is 5.87. The topological polar surface area (TPSA) is 104 Å². The zero-order valence-corrected chi connectivity index (χ0v) is 15.2. The maximum atomic E-state index is 12.8. The van der Waals surface area contributed by atoms with E-state index >= 15 is 0 Å². The Bertz CT molecular complexity index is 1210. The van der Waals surface area contributed by atoms with Crippen molar-refractivity contribution in [2.24, 2.45) is 0 Å². The average Bonchev–Trinajstić information content (AvgIpc) is 2.71. The summed E-state index contributed by atoms with van der Waals surface area (Å²) in [5, 5.41) is 16.0. The Balaban J connectivity index is 0.00000225. The quantitative estimate of drug-likeness (QED) is 0.388. The van der Waals surface area contributed by atoms with E-state index in [0.29, 0.717) is 22.2 Å². The Hall–Kier alpha value is -3.65. The SMILES string of the molecule is Cl.O=c1c2cccnc2c(-c2cccc([N+](=O)[O-])c2)nn1Cc1ccncc1. The summed E-state index contributed by atoms with van der Waals surface area (Å²) in [4.78, 5) is 31.7. The van der Waals surface area contributed by atoms with E-state index in [1.54, 1.807) is 55.0 Å². The standard InChI is InChI=1S/C19H13N5O3.ClH/c25-19-16-5-2-8-21-18(16)17(14-3-1-4-15(11-14)24(26)27)22-23(19)12-13-6-9-20-10-7-13;/h1-11H,12H2;1H. The van der Waals surface area contributed by atoms with Crippen molar-refractivity contribution in [1.29, 1.82) is 0 Å². The molecule has 0 spiro atoms. The van der Waals surface area contributed by atoms with Crippen molar-refractivity contribution in [3.05, 3.63) is 93.2 Å². The van der Waals surface area contributed by atoms with E-state index in [1.807, 2.05) is 0 Å². The molecule has 0 unspecified atom stereocenters. The van der Waals surface area contributed by atoms with Crippen LogP contribution < -0.4 is 5.56 Å². The van der Waals surface area contributed by atoms with Crippen LogP contribution in [0.25, 0.3) is 22.2 Å². The zero-order valence-electron chi connectivity index (χ0n) is 14.4. The molecule has 0 radical (unpaired) electrons. The van der Waals surface area contributed by atoms with E-state index in [1.165, 1.54) is 16.8 Å². The van der Waals surface area contributed by atoms with Crippen LogP contribution in [0.4, 0.5) is 5.69 Å². The van der Waals surface area contributed by atoms with Crippen LogP contribution in [0.2, 0.25) is 0 Å². The second kappa shape index (κ2) is 7.93. The monoisotopic (exact) mass is 395 g/mol. The van der Waals surface area contributed by atoms with Crippen LogP contribution in [0.3, 0.4) is 0 Å². The van der Waals surface area contributed by atoms with Crippen LogP contribution in [-0.4, -0.2) is 24.7 Å². The molecular formula is C19H14ClN5O3. The lowest BCUT2D eigenvalue weighted by Gasteiger charge is -2.10. The minimum absolute atomic E-state index is 0. The van der Waals surface area contributed by atoms with Gasteiger partial charge < -0.3 is 0 Å². The van der Waals surface area contributed by atoms with Gasteiger partial charge in [0.1, 0.15) is 11.2 Å². The van der Waals surface area contributed by atoms with Crippen LogP contribution in [0, 0.1) is 10.1 Å². The average molecular weight is 396 g/mol. The van der Waals surface area contributed by atoms with Gasteiger partial charge in [-0.2, -0.15) is 5.10 Å². The molecule has 8 nitrogen and oxygen atoms in total. The number of nitro benzene ring substituents is 1. The summed E-state index contributed by atoms with van der Waals surface area (Å²) >= 11 is 0. The van der Waals surface area contributed by atoms with Crippen molar-refractivity contribution in [2.75, 3.05) is 0 Å². The Morgan fingerprint density at radius 2 is 1.82 bits per heavy atom. The Kier molecular flexibility index (Phi) is 5.42. The fourth-order valence-electron chi connectivity index (χ4n) is 2.85. The smallest absolute Gasteiger partial charge is 0.267 e. The number of hydrogen-bond donors (Lipinski definition) is 0. The first kappa shape index (κ1) is 19.1. The molecule has 0 aliphatic carbocycles. The fourth-order valence-corrected chi connectivity index (χ4v) is 2.85. The summed E-state index contributed by atoms with van der Waals surface area (Å²) in [6, 6.07) is 13.1. The predicted octanol–water partition coefficient (Wildman–Crippen LogP) is 3.23. The van der Waals surface area contributed by atoms with Crippen LogP contribution in [0.1, 0.15) is 5.56 Å². The minimum Gasteiger partial charge on any atom is -0.267 e. The number of benzene rings is 1. The highest BCUT2D eigenvalue weighted by Gasteiger charge is 2.16. The summed E-state index contributed by atoms with van der Waals surface area (Å²) in [7, 11) is 0. The van der Waals surface area contributed by atoms with Crippen LogP contribution in [-0.2, 0) is 6.54 Å². The van der Waals surface area contributed by atoms with Crippen molar-refractivity contribution in [1.82, 2.24) is 19.7 Å². The maximum absolute atomic E-state index is 12.8. The molecule has 0 atom stereocenters. The lowest BCUT2D eigenvalue weighted by Crippen LogP contribution is -2.24. The van der Waals surface area contributed by atoms with E-state index in [-0.39, 0.29) is 30.2 Å². The van der Waals surface area contributed by atoms with Gasteiger partial charge in [-0.05, 0) is 29.8 Å². The largest absolute Gasteiger partial charge is 0.276 e. The van der Waals surface area contributed by atoms with Gasteiger partial charge >= 0.3 is 0 Å². The molecule has 0 fully saturated rings. The Labute approximate surface area is 165 Å². The molecular weight excluding hydrogens is 382 g/mol. The number of fused-ring (bicyclic) bond motifs is 1. The Morgan fingerprint density at radius 3 is 2.57 bits per heavy atom. The molecule has 0 N–H and O–H groups in total. The van der Waals surface area contributed by atoms with Crippen molar-refractivity contribution < 1.29 is 4.92 Å². The third kappa shape index (κ3) is 3.58. The van der Waals surface area contributed by atoms with E-state index in [4.69, 9.17) is 0 Å². The molecule has 0 saturated carbocycles. The normalized spacial score (nSPS) is 10.4. The molecule has 0 aliphatic heterocycles. The van der Waals surface area contributed by atoms with Crippen LogP contribution in [0.15, 0.2) is 71.9 Å². The summed E-state index contributed by atoms with van der Waals surface area (Å²) in [6.45, 7) is 0.258. The number of non-ortho nitro benzene ring substituents is 1. The van der Waals surface area contributed by atoms with Gasteiger partial charge in [0.15, 0.2) is 0 Å². The maximum Gasteiger partial charge on any atom is 0.276 e. The molecule has 0 amide bonds. The van der Waals surface area contributed by atoms with E-state index in [2.05, 4.69) is 15.1 Å². The molecule has 4 rings (SSSR count). The molecule has 3 aromatic heterocycles. The first-order valence-electron chi connectivity index (χ1n) is 8.13. The summed E-state index contributed by atoms with van der Waals surface area (Å²) in [5.41, 5.74) is 1.90. The van der Waals surface area contributed by atoms with Gasteiger partial charge in [0.25, 0.3) is 11.2 Å². The lowest BCUT2D eigenvalue weighted by atomic mass is 10.1. The van der Waals surface area contributed by atoms with Crippen LogP contribution >= 0.6 is 12.4 Å². The molecule has 9 heteroatoms. The molecule has 1 aromatic carbocycles. The van der Waals surface area contributed by atoms with Gasteiger partial charge in [-0.15, -0.1) is 12.4 Å². The highest BCUT2D eigenvalue weighted by atomic mass is 35.5. The lowest BCUT2D eigenvalue weighted by molar-refractivity contribution is -0.384. The van der Waals surface area contributed by atoms with Crippen molar-refractivity contribution in [3.8, 4) is 11.3 Å². The molecule has 0 aliphatic rings. The molecule has 0 saturated heterocycles. The number of pyridine rings is 2. The Morgan fingerprint density at radius 1 is 1.04 bits per heavy atom. The molecule has 28 heavy (non-hydrogen) atoms. The number of nitrogens with zero attached hydrogens (tertiary/aromatic N) is 5. The number of rotatable bonds is 4. The first-order valence-corrected chi connectivity index (χ1v) is 8.13. The molecule has 4 aromatic rings. The van der Waals surface area contributed by atoms with Gasteiger partial charge in [0, 0.05) is 36.3 Å². The molecule has 140 valence electrons. The van der Waals surface area contributed by atoms with E-state index in [9.17, 15) is 14.9 Å².